The number of phenolic OH excluding ortho intramolecular Hbond substituents is 1. The van der Waals surface area contributed by atoms with Crippen LogP contribution < -0.4 is 10.2 Å². The van der Waals surface area contributed by atoms with Crippen LogP contribution in [0.1, 0.15) is 5.56 Å². The van der Waals surface area contributed by atoms with Crippen molar-refractivity contribution in [3.05, 3.63) is 52.4 Å². The fraction of sp³-hybridized carbons (Fsp3) is 0.0833. The van der Waals surface area contributed by atoms with Gasteiger partial charge in [-0.05, 0) is 30.7 Å². The summed E-state index contributed by atoms with van der Waals surface area (Å²) >= 11 is 0. The first kappa shape index (κ1) is 13.2. The minimum atomic E-state index is -3.95. The van der Waals surface area contributed by atoms with Gasteiger partial charge in [-0.25, -0.2) is 8.42 Å². The lowest BCUT2D eigenvalue weighted by Gasteiger charge is -2.08. The number of anilines is 1. The summed E-state index contributed by atoms with van der Waals surface area (Å²) in [5.74, 6) is 0.0699. The third kappa shape index (κ3) is 2.76. The van der Waals surface area contributed by atoms with Crippen molar-refractivity contribution in [1.29, 1.82) is 0 Å². The molecule has 0 fully saturated rings. The van der Waals surface area contributed by atoms with Crippen molar-refractivity contribution in [1.82, 2.24) is 4.98 Å². The number of sulfonamides is 1. The summed E-state index contributed by atoms with van der Waals surface area (Å²) in [7, 11) is -3.95. The van der Waals surface area contributed by atoms with Crippen LogP contribution in [0.2, 0.25) is 0 Å². The maximum atomic E-state index is 12.0. The summed E-state index contributed by atoms with van der Waals surface area (Å²) in [6.45, 7) is 1.64. The standard InChI is InChI=1S/C12H12N2O4S/c1-8-6-9(2-3-10(8)15)14-19(17,18)12-7-13-5-4-11(12)16/h2-7,14-15H,1H3,(H,13,16). The molecule has 7 heteroatoms. The number of aromatic nitrogens is 1. The molecule has 1 aromatic carbocycles. The van der Waals surface area contributed by atoms with E-state index in [0.29, 0.717) is 5.56 Å². The second-order valence-corrected chi connectivity index (χ2v) is 5.63. The molecular formula is C12H12N2O4S. The van der Waals surface area contributed by atoms with Crippen molar-refractivity contribution < 1.29 is 13.5 Å². The third-order valence-electron chi connectivity index (χ3n) is 2.53. The zero-order valence-corrected chi connectivity index (χ0v) is 10.9. The van der Waals surface area contributed by atoms with Gasteiger partial charge in [0.05, 0.1) is 0 Å². The Labute approximate surface area is 109 Å². The SMILES string of the molecule is Cc1cc(NS(=O)(=O)c2c[nH]ccc2=O)ccc1O. The summed E-state index contributed by atoms with van der Waals surface area (Å²) in [4.78, 5) is 13.7. The van der Waals surface area contributed by atoms with Crippen LogP contribution >= 0.6 is 0 Å². The van der Waals surface area contributed by atoms with Gasteiger partial charge in [-0.2, -0.15) is 0 Å². The molecule has 0 radical (unpaired) electrons. The Morgan fingerprint density at radius 1 is 1.26 bits per heavy atom. The molecule has 0 aliphatic heterocycles. The third-order valence-corrected chi connectivity index (χ3v) is 3.93. The number of aromatic hydroxyl groups is 1. The van der Waals surface area contributed by atoms with E-state index in [4.69, 9.17) is 0 Å². The Morgan fingerprint density at radius 2 is 2.00 bits per heavy atom. The van der Waals surface area contributed by atoms with Crippen LogP contribution in [0.5, 0.6) is 5.75 Å². The molecule has 3 N–H and O–H groups in total. The molecule has 0 aliphatic carbocycles. The fourth-order valence-corrected chi connectivity index (χ4v) is 2.64. The molecule has 100 valence electrons. The molecule has 19 heavy (non-hydrogen) atoms. The highest BCUT2D eigenvalue weighted by molar-refractivity contribution is 7.92. The second kappa shape index (κ2) is 4.77. The summed E-state index contributed by atoms with van der Waals surface area (Å²) in [6.07, 6.45) is 2.48. The predicted molar refractivity (Wildman–Crippen MR) is 70.7 cm³/mol. The summed E-state index contributed by atoms with van der Waals surface area (Å²) in [5.41, 5.74) is 0.211. The average molecular weight is 280 g/mol. The number of nitrogens with one attached hydrogen (secondary N) is 2. The molecule has 0 saturated carbocycles. The van der Waals surface area contributed by atoms with Gasteiger partial charge in [0.25, 0.3) is 10.0 Å². The van der Waals surface area contributed by atoms with E-state index in [1.807, 2.05) is 0 Å². The van der Waals surface area contributed by atoms with Gasteiger partial charge in [0.15, 0.2) is 4.90 Å². The smallest absolute Gasteiger partial charge is 0.267 e. The molecule has 2 aromatic rings. The first-order valence-electron chi connectivity index (χ1n) is 5.40. The lowest BCUT2D eigenvalue weighted by Crippen LogP contribution is -2.20. The highest BCUT2D eigenvalue weighted by Gasteiger charge is 2.17. The van der Waals surface area contributed by atoms with Crippen LogP contribution in [-0.2, 0) is 10.0 Å². The normalized spacial score (nSPS) is 11.2. The molecule has 0 saturated heterocycles. The first-order chi connectivity index (χ1) is 8.90. The van der Waals surface area contributed by atoms with Crippen LogP contribution in [0, 0.1) is 6.92 Å². The Hall–Kier alpha value is -2.28. The average Bonchev–Trinajstić information content (AvgIpc) is 2.34. The molecule has 1 heterocycles. The number of aromatic amines is 1. The number of aryl methyl sites for hydroxylation is 1. The fourth-order valence-electron chi connectivity index (χ4n) is 1.54. The quantitative estimate of drug-likeness (QED) is 0.735. The van der Waals surface area contributed by atoms with E-state index in [-0.39, 0.29) is 16.3 Å². The van der Waals surface area contributed by atoms with Gasteiger partial charge in [-0.3, -0.25) is 9.52 Å². The van der Waals surface area contributed by atoms with E-state index < -0.39 is 15.5 Å². The maximum Gasteiger partial charge on any atom is 0.267 e. The summed E-state index contributed by atoms with van der Waals surface area (Å²) in [6, 6.07) is 5.40. The highest BCUT2D eigenvalue weighted by Crippen LogP contribution is 2.21. The van der Waals surface area contributed by atoms with Gasteiger partial charge in [-0.15, -0.1) is 0 Å². The van der Waals surface area contributed by atoms with Gasteiger partial charge in [0.1, 0.15) is 5.75 Å². The van der Waals surface area contributed by atoms with E-state index in [1.54, 1.807) is 6.92 Å². The summed E-state index contributed by atoms with van der Waals surface area (Å²) < 4.78 is 26.3. The predicted octanol–water partition coefficient (Wildman–Crippen LogP) is 1.19. The number of hydrogen-bond acceptors (Lipinski definition) is 4. The Balaban J connectivity index is 2.40. The summed E-state index contributed by atoms with van der Waals surface area (Å²) in [5, 5.41) is 9.37. The molecule has 0 spiro atoms. The van der Waals surface area contributed by atoms with Gasteiger partial charge >= 0.3 is 0 Å². The zero-order chi connectivity index (χ0) is 14.0. The molecule has 0 amide bonds. The second-order valence-electron chi connectivity index (χ2n) is 3.98. The monoisotopic (exact) mass is 280 g/mol. The van der Waals surface area contributed by atoms with Crippen molar-refractivity contribution in [2.75, 3.05) is 4.72 Å². The van der Waals surface area contributed by atoms with Gasteiger partial charge in [-0.1, -0.05) is 0 Å². The van der Waals surface area contributed by atoms with Crippen LogP contribution in [0.4, 0.5) is 5.69 Å². The molecular weight excluding hydrogens is 268 g/mol. The van der Waals surface area contributed by atoms with E-state index >= 15 is 0 Å². The minimum Gasteiger partial charge on any atom is -0.508 e. The highest BCUT2D eigenvalue weighted by atomic mass is 32.2. The Bertz CT molecular complexity index is 765. The van der Waals surface area contributed by atoms with Crippen molar-refractivity contribution in [2.24, 2.45) is 0 Å². The van der Waals surface area contributed by atoms with Crippen molar-refractivity contribution in [3.63, 3.8) is 0 Å². The first-order valence-corrected chi connectivity index (χ1v) is 6.88. The number of rotatable bonds is 3. The largest absolute Gasteiger partial charge is 0.508 e. The van der Waals surface area contributed by atoms with E-state index in [0.717, 1.165) is 12.3 Å². The number of H-pyrrole nitrogens is 1. The van der Waals surface area contributed by atoms with Crippen LogP contribution in [0.25, 0.3) is 0 Å². The van der Waals surface area contributed by atoms with Crippen LogP contribution in [0.3, 0.4) is 0 Å². The van der Waals surface area contributed by atoms with Gasteiger partial charge in [0.2, 0.25) is 5.43 Å². The lowest BCUT2D eigenvalue weighted by atomic mass is 10.2. The molecule has 0 bridgehead atoms. The molecule has 0 unspecified atom stereocenters. The molecule has 6 nitrogen and oxygen atoms in total. The molecule has 2 rings (SSSR count). The number of hydrogen-bond donors (Lipinski definition) is 3. The minimum absolute atomic E-state index is 0.0699. The number of phenols is 1. The van der Waals surface area contributed by atoms with Crippen molar-refractivity contribution >= 4 is 15.7 Å². The topological polar surface area (TPSA) is 99.3 Å². The molecule has 1 aromatic heterocycles. The molecule has 0 aliphatic rings. The Morgan fingerprint density at radius 3 is 2.63 bits per heavy atom. The van der Waals surface area contributed by atoms with E-state index in [1.165, 1.54) is 24.4 Å². The van der Waals surface area contributed by atoms with Crippen LogP contribution in [0.15, 0.2) is 46.3 Å². The van der Waals surface area contributed by atoms with Crippen molar-refractivity contribution in [3.8, 4) is 5.75 Å². The number of pyridine rings is 1. The lowest BCUT2D eigenvalue weighted by molar-refractivity contribution is 0.471. The Kier molecular flexibility index (Phi) is 3.30. The van der Waals surface area contributed by atoms with Gasteiger partial charge in [0, 0.05) is 24.1 Å². The zero-order valence-electron chi connectivity index (χ0n) is 10.0. The van der Waals surface area contributed by atoms with Crippen molar-refractivity contribution in [2.45, 2.75) is 11.8 Å². The van der Waals surface area contributed by atoms with E-state index in [2.05, 4.69) is 9.71 Å². The van der Waals surface area contributed by atoms with Gasteiger partial charge < -0.3 is 10.1 Å². The van der Waals surface area contributed by atoms with E-state index in [9.17, 15) is 18.3 Å². The molecule has 0 atom stereocenters. The number of benzene rings is 1. The maximum absolute atomic E-state index is 12.0. The van der Waals surface area contributed by atoms with Crippen LogP contribution in [-0.4, -0.2) is 18.5 Å².